The van der Waals surface area contributed by atoms with E-state index in [0.717, 1.165) is 50.2 Å². The number of nitrogens with zero attached hydrogens (tertiary/aromatic N) is 4. The van der Waals surface area contributed by atoms with Crippen LogP contribution in [0.25, 0.3) is 0 Å². The Morgan fingerprint density at radius 3 is 2.78 bits per heavy atom. The third kappa shape index (κ3) is 2.88. The van der Waals surface area contributed by atoms with Crippen LogP contribution in [0.4, 0.5) is 0 Å². The Kier molecular flexibility index (Phi) is 3.65. The molecule has 1 spiro atoms. The zero-order valence-corrected chi connectivity index (χ0v) is 13.5. The van der Waals surface area contributed by atoms with Crippen LogP contribution in [0, 0.1) is 0 Å². The lowest BCUT2D eigenvalue weighted by molar-refractivity contribution is -0.0629. The smallest absolute Gasteiger partial charge is 0.145 e. The fraction of sp³-hybridized carbons (Fsp3) is 0.444. The largest absolute Gasteiger partial charge is 0.388 e. The number of aromatic nitrogens is 2. The van der Waals surface area contributed by atoms with Crippen molar-refractivity contribution in [3.63, 3.8) is 0 Å². The van der Waals surface area contributed by atoms with Crippen molar-refractivity contribution in [2.45, 2.75) is 31.4 Å². The first-order valence-corrected chi connectivity index (χ1v) is 8.22. The van der Waals surface area contributed by atoms with E-state index in [2.05, 4.69) is 51.1 Å². The molecule has 2 aliphatic heterocycles. The van der Waals surface area contributed by atoms with Crippen molar-refractivity contribution >= 4 is 5.71 Å². The molecule has 4 rings (SSSR count). The van der Waals surface area contributed by atoms with Crippen molar-refractivity contribution in [3.05, 3.63) is 54.1 Å². The van der Waals surface area contributed by atoms with Crippen LogP contribution in [0.15, 0.2) is 48.0 Å². The van der Waals surface area contributed by atoms with Crippen LogP contribution in [-0.4, -0.2) is 38.9 Å². The fourth-order valence-electron chi connectivity index (χ4n) is 3.49. The molecule has 0 N–H and O–H groups in total. The second kappa shape index (κ2) is 5.81. The summed E-state index contributed by atoms with van der Waals surface area (Å²) in [7, 11) is 2.11. The molecule has 0 aromatic carbocycles. The molecule has 0 saturated carbocycles. The Labute approximate surface area is 136 Å². The topological polar surface area (TPSA) is 42.7 Å². The summed E-state index contributed by atoms with van der Waals surface area (Å²) in [5.41, 5.74) is 3.38. The molecule has 0 atom stereocenters. The molecular weight excluding hydrogens is 288 g/mol. The Hall–Kier alpha value is -2.14. The Balaban J connectivity index is 1.36. The SMILES string of the molecule is Cn1cccc1CN1CCC2(CC1)CC(c1cccnc1)=NO2. The van der Waals surface area contributed by atoms with E-state index in [1.54, 1.807) is 6.20 Å². The minimum Gasteiger partial charge on any atom is -0.388 e. The van der Waals surface area contributed by atoms with Gasteiger partial charge in [-0.2, -0.15) is 0 Å². The number of likely N-dealkylation sites (tertiary alicyclic amines) is 1. The average Bonchev–Trinajstić information content (AvgIpc) is 3.18. The highest BCUT2D eigenvalue weighted by molar-refractivity contribution is 6.01. The lowest BCUT2D eigenvalue weighted by Crippen LogP contribution is -2.44. The first-order valence-electron chi connectivity index (χ1n) is 8.22. The number of hydrogen-bond donors (Lipinski definition) is 0. The molecule has 5 heteroatoms. The van der Waals surface area contributed by atoms with Crippen LogP contribution in [-0.2, 0) is 18.4 Å². The van der Waals surface area contributed by atoms with Gasteiger partial charge in [0.15, 0.2) is 0 Å². The van der Waals surface area contributed by atoms with E-state index in [9.17, 15) is 0 Å². The molecule has 0 unspecified atom stereocenters. The maximum Gasteiger partial charge on any atom is 0.145 e. The number of oxime groups is 1. The van der Waals surface area contributed by atoms with E-state index in [1.165, 1.54) is 5.69 Å². The van der Waals surface area contributed by atoms with E-state index in [0.29, 0.717) is 0 Å². The molecule has 5 nitrogen and oxygen atoms in total. The molecular formula is C18H22N4O. The van der Waals surface area contributed by atoms with Gasteiger partial charge in [-0.3, -0.25) is 9.88 Å². The number of hydrogen-bond acceptors (Lipinski definition) is 4. The molecule has 0 amide bonds. The van der Waals surface area contributed by atoms with Gasteiger partial charge in [-0.25, -0.2) is 0 Å². The van der Waals surface area contributed by atoms with Crippen LogP contribution in [0.2, 0.25) is 0 Å². The Morgan fingerprint density at radius 2 is 2.09 bits per heavy atom. The zero-order valence-electron chi connectivity index (χ0n) is 13.5. The van der Waals surface area contributed by atoms with Crippen molar-refractivity contribution < 1.29 is 4.84 Å². The number of pyridine rings is 1. The standard InChI is InChI=1S/C18H22N4O/c1-21-9-3-5-16(21)14-22-10-6-18(7-11-22)12-17(20-23-18)15-4-2-8-19-13-15/h2-5,8-9,13H,6-7,10-12,14H2,1H3. The molecule has 1 fully saturated rings. The molecule has 23 heavy (non-hydrogen) atoms. The summed E-state index contributed by atoms with van der Waals surface area (Å²) in [5.74, 6) is 0. The highest BCUT2D eigenvalue weighted by Gasteiger charge is 2.42. The molecule has 1 saturated heterocycles. The van der Waals surface area contributed by atoms with Gasteiger partial charge in [-0.05, 0) is 24.3 Å². The van der Waals surface area contributed by atoms with E-state index < -0.39 is 0 Å². The third-order valence-corrected chi connectivity index (χ3v) is 5.04. The van der Waals surface area contributed by atoms with Gasteiger partial charge < -0.3 is 9.40 Å². The summed E-state index contributed by atoms with van der Waals surface area (Å²) in [5, 5.41) is 4.35. The number of aryl methyl sites for hydroxylation is 1. The van der Waals surface area contributed by atoms with Gasteiger partial charge >= 0.3 is 0 Å². The van der Waals surface area contributed by atoms with Gasteiger partial charge in [-0.15, -0.1) is 0 Å². The summed E-state index contributed by atoms with van der Waals surface area (Å²) in [6.45, 7) is 3.12. The van der Waals surface area contributed by atoms with Crippen molar-refractivity contribution in [1.29, 1.82) is 0 Å². The number of piperidine rings is 1. The lowest BCUT2D eigenvalue weighted by Gasteiger charge is -2.37. The lowest BCUT2D eigenvalue weighted by atomic mass is 9.85. The number of rotatable bonds is 3. The van der Waals surface area contributed by atoms with Crippen LogP contribution in [0.5, 0.6) is 0 Å². The van der Waals surface area contributed by atoms with Crippen molar-refractivity contribution in [2.75, 3.05) is 13.1 Å². The van der Waals surface area contributed by atoms with E-state index in [1.807, 2.05) is 12.3 Å². The maximum absolute atomic E-state index is 5.88. The second-order valence-corrected chi connectivity index (χ2v) is 6.62. The highest BCUT2D eigenvalue weighted by atomic mass is 16.7. The predicted octanol–water partition coefficient (Wildman–Crippen LogP) is 2.58. The first-order chi connectivity index (χ1) is 11.2. The molecule has 2 aromatic rings. The molecule has 2 aromatic heterocycles. The van der Waals surface area contributed by atoms with Crippen molar-refractivity contribution in [2.24, 2.45) is 12.2 Å². The Bertz CT molecular complexity index is 699. The summed E-state index contributed by atoms with van der Waals surface area (Å²) in [6.07, 6.45) is 8.73. The van der Waals surface area contributed by atoms with Crippen LogP contribution < -0.4 is 0 Å². The van der Waals surface area contributed by atoms with Gasteiger partial charge in [-0.1, -0.05) is 5.16 Å². The van der Waals surface area contributed by atoms with Crippen molar-refractivity contribution in [3.8, 4) is 0 Å². The highest BCUT2D eigenvalue weighted by Crippen LogP contribution is 2.36. The van der Waals surface area contributed by atoms with Gasteiger partial charge in [0.2, 0.25) is 0 Å². The molecule has 0 bridgehead atoms. The molecule has 2 aliphatic rings. The monoisotopic (exact) mass is 310 g/mol. The predicted molar refractivity (Wildman–Crippen MR) is 89.1 cm³/mol. The van der Waals surface area contributed by atoms with Gasteiger partial charge in [0, 0.05) is 75.8 Å². The van der Waals surface area contributed by atoms with Crippen LogP contribution >= 0.6 is 0 Å². The quantitative estimate of drug-likeness (QED) is 0.875. The minimum atomic E-state index is -0.101. The summed E-state index contributed by atoms with van der Waals surface area (Å²) < 4.78 is 2.19. The van der Waals surface area contributed by atoms with Gasteiger partial charge in [0.25, 0.3) is 0 Å². The molecule has 120 valence electrons. The molecule has 4 heterocycles. The van der Waals surface area contributed by atoms with E-state index in [-0.39, 0.29) is 5.60 Å². The Morgan fingerprint density at radius 1 is 1.22 bits per heavy atom. The summed E-state index contributed by atoms with van der Waals surface area (Å²) in [6, 6.07) is 8.30. The maximum atomic E-state index is 5.88. The van der Waals surface area contributed by atoms with Crippen LogP contribution in [0.3, 0.4) is 0 Å². The van der Waals surface area contributed by atoms with E-state index in [4.69, 9.17) is 4.84 Å². The minimum absolute atomic E-state index is 0.101. The first kappa shape index (κ1) is 14.5. The zero-order chi connectivity index (χ0) is 15.7. The normalized spacial score (nSPS) is 20.5. The van der Waals surface area contributed by atoms with Crippen LogP contribution in [0.1, 0.15) is 30.5 Å². The van der Waals surface area contributed by atoms with Crippen molar-refractivity contribution in [1.82, 2.24) is 14.5 Å². The summed E-state index contributed by atoms with van der Waals surface area (Å²) in [4.78, 5) is 12.6. The second-order valence-electron chi connectivity index (χ2n) is 6.62. The van der Waals surface area contributed by atoms with Gasteiger partial charge in [0.05, 0.1) is 5.71 Å². The van der Waals surface area contributed by atoms with E-state index >= 15 is 0 Å². The average molecular weight is 310 g/mol. The fourth-order valence-corrected chi connectivity index (χ4v) is 3.49. The molecule has 0 radical (unpaired) electrons. The molecule has 0 aliphatic carbocycles. The third-order valence-electron chi connectivity index (χ3n) is 5.04. The van der Waals surface area contributed by atoms with Gasteiger partial charge in [0.1, 0.15) is 5.60 Å². The summed E-state index contributed by atoms with van der Waals surface area (Å²) >= 11 is 0.